The van der Waals surface area contributed by atoms with Crippen LogP contribution in [0.3, 0.4) is 0 Å². The first kappa shape index (κ1) is 14.5. The highest BCUT2D eigenvalue weighted by molar-refractivity contribution is 5.39. The van der Waals surface area contributed by atoms with E-state index < -0.39 is 0 Å². The molecule has 1 saturated heterocycles. The molecule has 1 aliphatic heterocycles. The van der Waals surface area contributed by atoms with Gasteiger partial charge in [0, 0.05) is 12.1 Å². The van der Waals surface area contributed by atoms with Gasteiger partial charge in [-0.15, -0.1) is 0 Å². The van der Waals surface area contributed by atoms with Gasteiger partial charge in [-0.1, -0.05) is 17.7 Å². The number of aryl methyl sites for hydroxylation is 3. The molecule has 0 bridgehead atoms. The van der Waals surface area contributed by atoms with Gasteiger partial charge in [-0.3, -0.25) is 0 Å². The number of rotatable bonds is 4. The van der Waals surface area contributed by atoms with E-state index in [1.807, 2.05) is 0 Å². The maximum atomic E-state index is 3.64. The highest BCUT2D eigenvalue weighted by atomic mass is 15.1. The van der Waals surface area contributed by atoms with Crippen molar-refractivity contribution in [1.82, 2.24) is 10.2 Å². The molecule has 0 radical (unpaired) electrons. The summed E-state index contributed by atoms with van der Waals surface area (Å²) in [5.74, 6) is 0. The summed E-state index contributed by atoms with van der Waals surface area (Å²) in [7, 11) is 4.41. The summed E-state index contributed by atoms with van der Waals surface area (Å²) in [5.41, 5.74) is 5.78. The van der Waals surface area contributed by atoms with Crippen LogP contribution < -0.4 is 5.32 Å². The summed E-state index contributed by atoms with van der Waals surface area (Å²) < 4.78 is 0. The molecular weight excluding hydrogens is 232 g/mol. The van der Waals surface area contributed by atoms with E-state index in [9.17, 15) is 0 Å². The summed E-state index contributed by atoms with van der Waals surface area (Å²) in [4.78, 5) is 2.38. The van der Waals surface area contributed by atoms with Crippen LogP contribution in [0.5, 0.6) is 0 Å². The van der Waals surface area contributed by atoms with E-state index in [0.29, 0.717) is 12.1 Å². The van der Waals surface area contributed by atoms with E-state index in [2.05, 4.69) is 57.2 Å². The number of nitrogens with zero attached hydrogens (tertiary/aromatic N) is 1. The van der Waals surface area contributed by atoms with Gasteiger partial charge in [0.2, 0.25) is 0 Å². The third-order valence-corrected chi connectivity index (χ3v) is 4.36. The van der Waals surface area contributed by atoms with Crippen molar-refractivity contribution in [2.45, 2.75) is 52.1 Å². The van der Waals surface area contributed by atoms with Crippen molar-refractivity contribution in [3.8, 4) is 0 Å². The molecule has 0 saturated carbocycles. The van der Waals surface area contributed by atoms with E-state index in [0.717, 1.165) is 0 Å². The predicted octanol–water partition coefficient (Wildman–Crippen LogP) is 3.36. The second-order valence-corrected chi connectivity index (χ2v) is 6.32. The fourth-order valence-corrected chi connectivity index (χ4v) is 3.53. The number of hydrogen-bond acceptors (Lipinski definition) is 2. The van der Waals surface area contributed by atoms with Gasteiger partial charge >= 0.3 is 0 Å². The van der Waals surface area contributed by atoms with Crippen LogP contribution >= 0.6 is 0 Å². The lowest BCUT2D eigenvalue weighted by Crippen LogP contribution is -2.30. The standard InChI is InChI=1S/C17H28N2/c1-12-9-13(2)17(14(3)10-12)16(19(4)5)11-15-7-6-8-18-15/h9-10,15-16,18H,6-8,11H2,1-5H3. The zero-order chi connectivity index (χ0) is 14.0. The molecule has 1 fully saturated rings. The van der Waals surface area contributed by atoms with E-state index in [1.54, 1.807) is 0 Å². The van der Waals surface area contributed by atoms with Crippen LogP contribution in [0.15, 0.2) is 12.1 Å². The number of benzene rings is 1. The van der Waals surface area contributed by atoms with Crippen molar-refractivity contribution in [1.29, 1.82) is 0 Å². The minimum absolute atomic E-state index is 0.524. The fraction of sp³-hybridized carbons (Fsp3) is 0.647. The van der Waals surface area contributed by atoms with Crippen molar-refractivity contribution in [2.24, 2.45) is 0 Å². The second kappa shape index (κ2) is 6.06. The molecule has 2 atom stereocenters. The first-order valence-corrected chi connectivity index (χ1v) is 7.46. The molecule has 1 N–H and O–H groups in total. The second-order valence-electron chi connectivity index (χ2n) is 6.32. The lowest BCUT2D eigenvalue weighted by atomic mass is 9.89. The zero-order valence-corrected chi connectivity index (χ0v) is 13.1. The molecule has 0 aromatic heterocycles. The molecule has 2 unspecified atom stereocenters. The van der Waals surface area contributed by atoms with Crippen molar-refractivity contribution in [3.63, 3.8) is 0 Å². The Hall–Kier alpha value is -0.860. The van der Waals surface area contributed by atoms with Crippen LogP contribution in [-0.4, -0.2) is 31.6 Å². The van der Waals surface area contributed by atoms with Crippen molar-refractivity contribution >= 4 is 0 Å². The van der Waals surface area contributed by atoms with Gasteiger partial charge in [0.15, 0.2) is 0 Å². The van der Waals surface area contributed by atoms with Crippen molar-refractivity contribution in [3.05, 3.63) is 34.4 Å². The largest absolute Gasteiger partial charge is 0.314 e. The lowest BCUT2D eigenvalue weighted by molar-refractivity contribution is 0.261. The van der Waals surface area contributed by atoms with Crippen molar-refractivity contribution in [2.75, 3.05) is 20.6 Å². The van der Waals surface area contributed by atoms with Gasteiger partial charge in [0.05, 0.1) is 0 Å². The molecule has 2 nitrogen and oxygen atoms in total. The molecule has 1 heterocycles. The lowest BCUT2D eigenvalue weighted by Gasteiger charge is -2.30. The van der Waals surface area contributed by atoms with E-state index in [-0.39, 0.29) is 0 Å². The average Bonchev–Trinajstić information content (AvgIpc) is 2.78. The van der Waals surface area contributed by atoms with Crippen LogP contribution in [-0.2, 0) is 0 Å². The first-order valence-electron chi connectivity index (χ1n) is 7.46. The number of nitrogens with one attached hydrogen (secondary N) is 1. The van der Waals surface area contributed by atoms with Gasteiger partial charge < -0.3 is 10.2 Å². The maximum absolute atomic E-state index is 3.64. The van der Waals surface area contributed by atoms with Crippen LogP contribution in [0.2, 0.25) is 0 Å². The van der Waals surface area contributed by atoms with Crippen LogP contribution in [0.1, 0.15) is 47.6 Å². The Labute approximate surface area is 118 Å². The first-order chi connectivity index (χ1) is 8.99. The molecule has 1 aliphatic rings. The van der Waals surface area contributed by atoms with Gasteiger partial charge in [0.1, 0.15) is 0 Å². The Morgan fingerprint density at radius 1 is 1.21 bits per heavy atom. The molecule has 0 spiro atoms. The summed E-state index contributed by atoms with van der Waals surface area (Å²) in [6, 6.07) is 5.85. The summed E-state index contributed by atoms with van der Waals surface area (Å²) >= 11 is 0. The normalized spacial score (nSPS) is 21.1. The minimum atomic E-state index is 0.524. The predicted molar refractivity (Wildman–Crippen MR) is 82.7 cm³/mol. The Balaban J connectivity index is 2.28. The third-order valence-electron chi connectivity index (χ3n) is 4.36. The Morgan fingerprint density at radius 3 is 2.32 bits per heavy atom. The molecule has 1 aromatic rings. The molecule has 2 rings (SSSR count). The molecule has 1 aromatic carbocycles. The Bertz CT molecular complexity index is 408. The molecule has 19 heavy (non-hydrogen) atoms. The minimum Gasteiger partial charge on any atom is -0.314 e. The highest BCUT2D eigenvalue weighted by Crippen LogP contribution is 2.31. The summed E-state index contributed by atoms with van der Waals surface area (Å²) in [6.07, 6.45) is 3.88. The molecule has 0 amide bonds. The van der Waals surface area contributed by atoms with Crippen LogP contribution in [0.25, 0.3) is 0 Å². The van der Waals surface area contributed by atoms with Gasteiger partial charge in [0.25, 0.3) is 0 Å². The van der Waals surface area contributed by atoms with E-state index >= 15 is 0 Å². The highest BCUT2D eigenvalue weighted by Gasteiger charge is 2.24. The summed E-state index contributed by atoms with van der Waals surface area (Å²) in [6.45, 7) is 7.89. The molecular formula is C17H28N2. The van der Waals surface area contributed by atoms with Crippen LogP contribution in [0.4, 0.5) is 0 Å². The topological polar surface area (TPSA) is 15.3 Å². The Kier molecular flexibility index (Phi) is 4.64. The molecule has 2 heteroatoms. The van der Waals surface area contributed by atoms with Crippen LogP contribution in [0, 0.1) is 20.8 Å². The Morgan fingerprint density at radius 2 is 1.84 bits per heavy atom. The third kappa shape index (κ3) is 3.37. The van der Waals surface area contributed by atoms with Gasteiger partial charge in [-0.05, 0) is 77.4 Å². The zero-order valence-electron chi connectivity index (χ0n) is 13.1. The monoisotopic (exact) mass is 260 g/mol. The van der Waals surface area contributed by atoms with Crippen molar-refractivity contribution < 1.29 is 0 Å². The van der Waals surface area contributed by atoms with Gasteiger partial charge in [-0.2, -0.15) is 0 Å². The van der Waals surface area contributed by atoms with E-state index in [1.165, 1.54) is 48.1 Å². The molecule has 106 valence electrons. The number of hydrogen-bond donors (Lipinski definition) is 1. The average molecular weight is 260 g/mol. The van der Waals surface area contributed by atoms with E-state index in [4.69, 9.17) is 0 Å². The van der Waals surface area contributed by atoms with Gasteiger partial charge in [-0.25, -0.2) is 0 Å². The maximum Gasteiger partial charge on any atom is 0.0362 e. The fourth-order valence-electron chi connectivity index (χ4n) is 3.53. The smallest absolute Gasteiger partial charge is 0.0362 e. The SMILES string of the molecule is Cc1cc(C)c(C(CC2CCCN2)N(C)C)c(C)c1. The summed E-state index contributed by atoms with van der Waals surface area (Å²) in [5, 5.41) is 3.64. The molecule has 0 aliphatic carbocycles. The quantitative estimate of drug-likeness (QED) is 0.893.